The van der Waals surface area contributed by atoms with Gasteiger partial charge in [0.25, 0.3) is 5.91 Å². The molecule has 0 radical (unpaired) electrons. The zero-order valence-corrected chi connectivity index (χ0v) is 13.3. The normalized spacial score (nSPS) is 22.1. The minimum Gasteiger partial charge on any atom is -0.480 e. The molecule has 1 fully saturated rings. The first-order valence-electron chi connectivity index (χ1n) is 6.93. The van der Waals surface area contributed by atoms with E-state index in [1.165, 1.54) is 17.0 Å². The molecule has 2 atom stereocenters. The van der Waals surface area contributed by atoms with E-state index >= 15 is 0 Å². The maximum atomic E-state index is 13.9. The number of likely N-dealkylation sites (tertiary alicyclic amines) is 1. The fraction of sp³-hybridized carbons (Fsp3) is 0.467. The van der Waals surface area contributed by atoms with Gasteiger partial charge in [0.2, 0.25) is 0 Å². The third-order valence-corrected chi connectivity index (χ3v) is 4.67. The highest BCUT2D eigenvalue weighted by Crippen LogP contribution is 2.29. The molecule has 2 unspecified atom stereocenters. The highest BCUT2D eigenvalue weighted by atomic mass is 79.9. The van der Waals surface area contributed by atoms with Gasteiger partial charge in [-0.05, 0) is 46.8 Å². The molecule has 0 bridgehead atoms. The molecule has 1 N–H and O–H groups in total. The van der Waals surface area contributed by atoms with E-state index < -0.39 is 23.7 Å². The van der Waals surface area contributed by atoms with E-state index in [4.69, 9.17) is 0 Å². The second kappa shape index (κ2) is 6.56. The Morgan fingerprint density at radius 2 is 2.19 bits per heavy atom. The van der Waals surface area contributed by atoms with Crippen LogP contribution in [0.1, 0.15) is 36.5 Å². The Balaban J connectivity index is 2.31. The minimum absolute atomic E-state index is 0.0984. The van der Waals surface area contributed by atoms with E-state index in [9.17, 15) is 19.1 Å². The highest BCUT2D eigenvalue weighted by molar-refractivity contribution is 9.10. The lowest BCUT2D eigenvalue weighted by molar-refractivity contribution is -0.144. The summed E-state index contributed by atoms with van der Waals surface area (Å²) in [6.45, 7) is 2.35. The number of rotatable bonds is 3. The van der Waals surface area contributed by atoms with Crippen LogP contribution in [0.3, 0.4) is 0 Å². The largest absolute Gasteiger partial charge is 0.480 e. The summed E-state index contributed by atoms with van der Waals surface area (Å²) in [6, 6.07) is 3.38. The molecule has 0 aliphatic carbocycles. The van der Waals surface area contributed by atoms with Gasteiger partial charge in [0.1, 0.15) is 11.9 Å². The zero-order chi connectivity index (χ0) is 15.6. The first-order chi connectivity index (χ1) is 9.95. The number of amides is 1. The maximum absolute atomic E-state index is 13.9. The molecule has 2 rings (SSSR count). The lowest BCUT2D eigenvalue weighted by Crippen LogP contribution is -2.50. The molecule has 1 heterocycles. The molecule has 0 saturated carbocycles. The smallest absolute Gasteiger partial charge is 0.326 e. The SMILES string of the molecule is CCC1CCN(C(=O)c2c(F)cccc2Br)C(C(=O)O)C1. The van der Waals surface area contributed by atoms with Crippen molar-refractivity contribution in [3.63, 3.8) is 0 Å². The summed E-state index contributed by atoms with van der Waals surface area (Å²) in [5.74, 6) is -1.95. The van der Waals surface area contributed by atoms with Gasteiger partial charge in [-0.1, -0.05) is 19.4 Å². The Labute approximate surface area is 131 Å². The Kier molecular flexibility index (Phi) is 4.98. The number of hydrogen-bond acceptors (Lipinski definition) is 2. The number of halogens is 2. The summed E-state index contributed by atoms with van der Waals surface area (Å²) >= 11 is 3.16. The van der Waals surface area contributed by atoms with Crippen molar-refractivity contribution in [3.05, 3.63) is 34.1 Å². The molecule has 21 heavy (non-hydrogen) atoms. The second-order valence-corrected chi connectivity index (χ2v) is 6.10. The van der Waals surface area contributed by atoms with Crippen LogP contribution in [-0.2, 0) is 4.79 Å². The molecule has 0 spiro atoms. The van der Waals surface area contributed by atoms with Gasteiger partial charge in [0.05, 0.1) is 5.56 Å². The number of piperidine rings is 1. The molecule has 0 aromatic heterocycles. The maximum Gasteiger partial charge on any atom is 0.326 e. The summed E-state index contributed by atoms with van der Waals surface area (Å²) < 4.78 is 14.2. The monoisotopic (exact) mass is 357 g/mol. The van der Waals surface area contributed by atoms with Gasteiger partial charge in [0.15, 0.2) is 0 Å². The molecule has 1 aromatic rings. The molecule has 1 aromatic carbocycles. The predicted octanol–water partition coefficient (Wildman–Crippen LogP) is 3.30. The van der Waals surface area contributed by atoms with Crippen molar-refractivity contribution in [2.24, 2.45) is 5.92 Å². The summed E-state index contributed by atoms with van der Waals surface area (Å²) in [5.41, 5.74) is -0.0984. The first-order valence-corrected chi connectivity index (χ1v) is 7.72. The van der Waals surface area contributed by atoms with Gasteiger partial charge < -0.3 is 10.0 Å². The molecule has 6 heteroatoms. The number of benzene rings is 1. The van der Waals surface area contributed by atoms with Crippen molar-refractivity contribution in [3.8, 4) is 0 Å². The number of carbonyl (C=O) groups excluding carboxylic acids is 1. The van der Waals surface area contributed by atoms with Gasteiger partial charge in [-0.2, -0.15) is 0 Å². The van der Waals surface area contributed by atoms with Crippen LogP contribution in [-0.4, -0.2) is 34.5 Å². The lowest BCUT2D eigenvalue weighted by atomic mass is 9.88. The Bertz CT molecular complexity index is 544. The predicted molar refractivity (Wildman–Crippen MR) is 79.6 cm³/mol. The van der Waals surface area contributed by atoms with Crippen LogP contribution < -0.4 is 0 Å². The molecule has 1 aliphatic heterocycles. The number of aliphatic carboxylic acids is 1. The Morgan fingerprint density at radius 1 is 1.48 bits per heavy atom. The van der Waals surface area contributed by atoms with E-state index in [-0.39, 0.29) is 5.56 Å². The lowest BCUT2D eigenvalue weighted by Gasteiger charge is -2.37. The van der Waals surface area contributed by atoms with Crippen LogP contribution in [0.2, 0.25) is 0 Å². The van der Waals surface area contributed by atoms with E-state index in [1.54, 1.807) is 6.07 Å². The highest BCUT2D eigenvalue weighted by Gasteiger charge is 2.37. The van der Waals surface area contributed by atoms with Crippen LogP contribution in [0, 0.1) is 11.7 Å². The van der Waals surface area contributed by atoms with E-state index in [0.717, 1.165) is 12.8 Å². The van der Waals surface area contributed by atoms with Crippen molar-refractivity contribution < 1.29 is 19.1 Å². The summed E-state index contributed by atoms with van der Waals surface area (Å²) in [7, 11) is 0. The van der Waals surface area contributed by atoms with Gasteiger partial charge >= 0.3 is 5.97 Å². The molecule has 1 saturated heterocycles. The van der Waals surface area contributed by atoms with Gasteiger partial charge in [-0.15, -0.1) is 0 Å². The van der Waals surface area contributed by atoms with Gasteiger partial charge in [-0.3, -0.25) is 4.79 Å². The van der Waals surface area contributed by atoms with Crippen LogP contribution in [0.25, 0.3) is 0 Å². The molecule has 1 amide bonds. The fourth-order valence-electron chi connectivity index (χ4n) is 2.73. The first kappa shape index (κ1) is 15.9. The Morgan fingerprint density at radius 3 is 2.76 bits per heavy atom. The Hall–Kier alpha value is -1.43. The van der Waals surface area contributed by atoms with Crippen molar-refractivity contribution in [1.82, 2.24) is 4.90 Å². The minimum atomic E-state index is -1.03. The van der Waals surface area contributed by atoms with Crippen molar-refractivity contribution in [1.29, 1.82) is 0 Å². The zero-order valence-electron chi connectivity index (χ0n) is 11.7. The summed E-state index contributed by atoms with van der Waals surface area (Å²) in [4.78, 5) is 25.3. The van der Waals surface area contributed by atoms with Crippen LogP contribution in [0.5, 0.6) is 0 Å². The molecule has 114 valence electrons. The number of hydrogen-bond donors (Lipinski definition) is 1. The summed E-state index contributed by atoms with van der Waals surface area (Å²) in [6.07, 6.45) is 2.05. The van der Waals surface area contributed by atoms with E-state index in [2.05, 4.69) is 15.9 Å². The third kappa shape index (κ3) is 3.26. The standard InChI is InChI=1S/C15H17BrFNO3/c1-2-9-6-7-18(12(8-9)15(20)21)14(19)13-10(16)4-3-5-11(13)17/h3-5,9,12H,2,6-8H2,1H3,(H,20,21). The van der Waals surface area contributed by atoms with E-state index in [1.807, 2.05) is 6.92 Å². The van der Waals surface area contributed by atoms with Gasteiger partial charge in [0, 0.05) is 11.0 Å². The third-order valence-electron chi connectivity index (χ3n) is 4.01. The average molecular weight is 358 g/mol. The van der Waals surface area contributed by atoms with E-state index in [0.29, 0.717) is 23.4 Å². The average Bonchev–Trinajstić information content (AvgIpc) is 2.46. The van der Waals surface area contributed by atoms with Crippen molar-refractivity contribution >= 4 is 27.8 Å². The molecular weight excluding hydrogens is 341 g/mol. The quantitative estimate of drug-likeness (QED) is 0.902. The fourth-order valence-corrected chi connectivity index (χ4v) is 3.24. The summed E-state index contributed by atoms with van der Waals surface area (Å²) in [5, 5.41) is 9.36. The van der Waals surface area contributed by atoms with Crippen molar-refractivity contribution in [2.45, 2.75) is 32.2 Å². The molecule has 1 aliphatic rings. The molecule has 4 nitrogen and oxygen atoms in total. The number of carboxylic acid groups (broad SMARTS) is 1. The van der Waals surface area contributed by atoms with Crippen LogP contribution >= 0.6 is 15.9 Å². The topological polar surface area (TPSA) is 57.6 Å². The molecular formula is C15H17BrFNO3. The van der Waals surface area contributed by atoms with Crippen molar-refractivity contribution in [2.75, 3.05) is 6.54 Å². The van der Waals surface area contributed by atoms with Crippen LogP contribution in [0.15, 0.2) is 22.7 Å². The second-order valence-electron chi connectivity index (χ2n) is 5.25. The number of nitrogens with zero attached hydrogens (tertiary/aromatic N) is 1. The van der Waals surface area contributed by atoms with Gasteiger partial charge in [-0.25, -0.2) is 9.18 Å². The number of carbonyl (C=O) groups is 2. The van der Waals surface area contributed by atoms with Crippen LogP contribution in [0.4, 0.5) is 4.39 Å². The number of carboxylic acids is 1.